The van der Waals surface area contributed by atoms with Gasteiger partial charge in [-0.1, -0.05) is 18.6 Å². The average molecular weight is 154 g/mol. The summed E-state index contributed by atoms with van der Waals surface area (Å²) in [4.78, 5) is 0. The first-order valence-electron chi connectivity index (χ1n) is 4.17. The first-order valence-corrected chi connectivity index (χ1v) is 4.17. The van der Waals surface area contributed by atoms with Crippen LogP contribution in [0.25, 0.3) is 0 Å². The molecule has 0 radical (unpaired) electrons. The van der Waals surface area contributed by atoms with E-state index in [0.717, 1.165) is 18.8 Å². The fraction of sp³-hybridized carbons (Fsp3) is 0.600. The second-order valence-corrected chi connectivity index (χ2v) is 2.58. The van der Waals surface area contributed by atoms with Crippen LogP contribution in [0.1, 0.15) is 34.1 Å². The lowest BCUT2D eigenvalue weighted by Gasteiger charge is -2.00. The minimum atomic E-state index is 0.751. The molecule has 0 saturated carbocycles. The molecule has 0 aromatic heterocycles. The minimum Gasteiger partial charge on any atom is -0.499 e. The number of rotatable bonds is 4. The van der Waals surface area contributed by atoms with Crippen molar-refractivity contribution in [3.8, 4) is 0 Å². The Hall–Kier alpha value is -0.720. The maximum absolute atomic E-state index is 5.25. The summed E-state index contributed by atoms with van der Waals surface area (Å²) in [5.41, 5.74) is 1.38. The van der Waals surface area contributed by atoms with E-state index in [9.17, 15) is 0 Å². The zero-order chi connectivity index (χ0) is 8.69. The summed E-state index contributed by atoms with van der Waals surface area (Å²) in [6.07, 6.45) is 5.23. The maximum Gasteiger partial charge on any atom is 0.0928 e. The summed E-state index contributed by atoms with van der Waals surface area (Å²) in [6.45, 7) is 8.99. The highest BCUT2D eigenvalue weighted by Crippen LogP contribution is 2.01. The van der Waals surface area contributed by atoms with Gasteiger partial charge >= 0.3 is 0 Å². The first-order chi connectivity index (χ1) is 5.20. The van der Waals surface area contributed by atoms with Crippen LogP contribution in [0.4, 0.5) is 0 Å². The topological polar surface area (TPSA) is 9.23 Å². The van der Waals surface area contributed by atoms with Crippen molar-refractivity contribution in [2.45, 2.75) is 34.1 Å². The molecule has 1 heteroatoms. The third-order valence-electron chi connectivity index (χ3n) is 1.53. The Morgan fingerprint density at radius 1 is 1.18 bits per heavy atom. The van der Waals surface area contributed by atoms with Gasteiger partial charge in [0, 0.05) is 0 Å². The SMILES string of the molecule is CCO/C(C)=C/C=C(\C)CC. The first kappa shape index (κ1) is 10.3. The monoisotopic (exact) mass is 154 g/mol. The van der Waals surface area contributed by atoms with Crippen molar-refractivity contribution in [2.75, 3.05) is 6.61 Å². The largest absolute Gasteiger partial charge is 0.499 e. The van der Waals surface area contributed by atoms with Gasteiger partial charge in [-0.15, -0.1) is 0 Å². The van der Waals surface area contributed by atoms with E-state index < -0.39 is 0 Å². The quantitative estimate of drug-likeness (QED) is 0.446. The molecule has 0 bridgehead atoms. The van der Waals surface area contributed by atoms with Crippen molar-refractivity contribution in [3.05, 3.63) is 23.5 Å². The van der Waals surface area contributed by atoms with Crippen molar-refractivity contribution in [1.29, 1.82) is 0 Å². The van der Waals surface area contributed by atoms with E-state index in [4.69, 9.17) is 4.74 Å². The lowest BCUT2D eigenvalue weighted by atomic mass is 10.2. The summed E-state index contributed by atoms with van der Waals surface area (Å²) in [5.74, 6) is 0.986. The number of ether oxygens (including phenoxy) is 1. The molecule has 0 atom stereocenters. The van der Waals surface area contributed by atoms with Crippen molar-refractivity contribution in [1.82, 2.24) is 0 Å². The molecular formula is C10H18O. The maximum atomic E-state index is 5.25. The molecule has 0 aliphatic rings. The Morgan fingerprint density at radius 2 is 1.82 bits per heavy atom. The predicted octanol–water partition coefficient (Wildman–Crippen LogP) is 3.28. The molecule has 0 aromatic rings. The molecule has 0 amide bonds. The van der Waals surface area contributed by atoms with E-state index in [1.54, 1.807) is 0 Å². The molecule has 1 nitrogen and oxygen atoms in total. The fourth-order valence-electron chi connectivity index (χ4n) is 0.653. The van der Waals surface area contributed by atoms with Crippen molar-refractivity contribution in [3.63, 3.8) is 0 Å². The van der Waals surface area contributed by atoms with E-state index in [-0.39, 0.29) is 0 Å². The second kappa shape index (κ2) is 6.02. The van der Waals surface area contributed by atoms with E-state index in [1.807, 2.05) is 19.9 Å². The second-order valence-electron chi connectivity index (χ2n) is 2.58. The molecule has 0 heterocycles. The van der Waals surface area contributed by atoms with Crippen molar-refractivity contribution in [2.24, 2.45) is 0 Å². The van der Waals surface area contributed by atoms with E-state index in [2.05, 4.69) is 19.9 Å². The van der Waals surface area contributed by atoms with Gasteiger partial charge in [0.05, 0.1) is 12.4 Å². The van der Waals surface area contributed by atoms with Gasteiger partial charge in [0.1, 0.15) is 0 Å². The van der Waals surface area contributed by atoms with E-state index in [1.165, 1.54) is 5.57 Å². The Balaban J connectivity index is 3.89. The number of allylic oxidation sites excluding steroid dienone is 4. The zero-order valence-electron chi connectivity index (χ0n) is 7.98. The summed E-state index contributed by atoms with van der Waals surface area (Å²) in [7, 11) is 0. The molecule has 11 heavy (non-hydrogen) atoms. The summed E-state index contributed by atoms with van der Waals surface area (Å²) in [5, 5.41) is 0. The summed E-state index contributed by atoms with van der Waals surface area (Å²) >= 11 is 0. The van der Waals surface area contributed by atoms with Crippen LogP contribution in [0.5, 0.6) is 0 Å². The van der Waals surface area contributed by atoms with Crippen LogP contribution in [-0.2, 0) is 4.74 Å². The average Bonchev–Trinajstić information content (AvgIpc) is 2.01. The van der Waals surface area contributed by atoms with Gasteiger partial charge in [-0.3, -0.25) is 0 Å². The molecule has 0 fully saturated rings. The van der Waals surface area contributed by atoms with Gasteiger partial charge in [-0.25, -0.2) is 0 Å². The van der Waals surface area contributed by atoms with Crippen LogP contribution in [0.15, 0.2) is 23.5 Å². The Morgan fingerprint density at radius 3 is 2.27 bits per heavy atom. The standard InChI is InChI=1S/C10H18O/c1-5-9(3)7-8-10(4)11-6-2/h7-8H,5-6H2,1-4H3/b9-7+,10-8+. The minimum absolute atomic E-state index is 0.751. The lowest BCUT2D eigenvalue weighted by Crippen LogP contribution is -1.85. The third kappa shape index (κ3) is 5.71. The van der Waals surface area contributed by atoms with Crippen LogP contribution in [0.2, 0.25) is 0 Å². The van der Waals surface area contributed by atoms with Crippen LogP contribution in [0.3, 0.4) is 0 Å². The van der Waals surface area contributed by atoms with Gasteiger partial charge < -0.3 is 4.74 Å². The molecule has 0 spiro atoms. The zero-order valence-corrected chi connectivity index (χ0v) is 7.98. The fourth-order valence-corrected chi connectivity index (χ4v) is 0.653. The highest BCUT2D eigenvalue weighted by atomic mass is 16.5. The highest BCUT2D eigenvalue weighted by Gasteiger charge is 1.84. The molecule has 0 N–H and O–H groups in total. The molecule has 64 valence electrons. The number of hydrogen-bond acceptors (Lipinski definition) is 1. The van der Waals surface area contributed by atoms with Gasteiger partial charge in [0.15, 0.2) is 0 Å². The van der Waals surface area contributed by atoms with Gasteiger partial charge in [0.25, 0.3) is 0 Å². The molecule has 0 aliphatic carbocycles. The van der Waals surface area contributed by atoms with E-state index >= 15 is 0 Å². The predicted molar refractivity (Wildman–Crippen MR) is 49.4 cm³/mol. The Bertz CT molecular complexity index is 154. The van der Waals surface area contributed by atoms with Crippen LogP contribution in [0, 0.1) is 0 Å². The van der Waals surface area contributed by atoms with Crippen LogP contribution in [-0.4, -0.2) is 6.61 Å². The summed E-state index contributed by atoms with van der Waals surface area (Å²) < 4.78 is 5.25. The lowest BCUT2D eigenvalue weighted by molar-refractivity contribution is 0.231. The van der Waals surface area contributed by atoms with Gasteiger partial charge in [0.2, 0.25) is 0 Å². The van der Waals surface area contributed by atoms with Crippen molar-refractivity contribution < 1.29 is 4.74 Å². The molecule has 0 aliphatic heterocycles. The molecule has 0 aromatic carbocycles. The van der Waals surface area contributed by atoms with E-state index in [0.29, 0.717) is 0 Å². The Labute approximate surface area is 69.8 Å². The smallest absolute Gasteiger partial charge is 0.0928 e. The van der Waals surface area contributed by atoms with Crippen LogP contribution >= 0.6 is 0 Å². The molecule has 0 rings (SSSR count). The normalized spacial score (nSPS) is 13.5. The van der Waals surface area contributed by atoms with Crippen molar-refractivity contribution >= 4 is 0 Å². The van der Waals surface area contributed by atoms with Gasteiger partial charge in [-0.2, -0.15) is 0 Å². The Kier molecular flexibility index (Phi) is 5.63. The summed E-state index contributed by atoms with van der Waals surface area (Å²) in [6, 6.07) is 0. The number of hydrogen-bond donors (Lipinski definition) is 0. The third-order valence-corrected chi connectivity index (χ3v) is 1.53. The van der Waals surface area contributed by atoms with Gasteiger partial charge in [-0.05, 0) is 33.3 Å². The molecule has 0 unspecified atom stereocenters. The van der Waals surface area contributed by atoms with Crippen LogP contribution < -0.4 is 0 Å². The molecule has 0 saturated heterocycles. The highest BCUT2D eigenvalue weighted by molar-refractivity contribution is 5.11. The molecular weight excluding hydrogens is 136 g/mol.